The van der Waals surface area contributed by atoms with Crippen LogP contribution in [0.5, 0.6) is 0 Å². The highest BCUT2D eigenvalue weighted by Crippen LogP contribution is 2.05. The van der Waals surface area contributed by atoms with Gasteiger partial charge < -0.3 is 15.8 Å². The molecule has 0 aliphatic heterocycles. The van der Waals surface area contributed by atoms with Crippen LogP contribution >= 0.6 is 0 Å². The first-order valence-corrected chi connectivity index (χ1v) is 5.62. The third kappa shape index (κ3) is 3.14. The third-order valence-corrected chi connectivity index (χ3v) is 2.08. The van der Waals surface area contributed by atoms with Crippen molar-refractivity contribution < 1.29 is 4.74 Å². The predicted molar refractivity (Wildman–Crippen MR) is 66.3 cm³/mol. The molecule has 2 aromatic rings. The second kappa shape index (κ2) is 5.92. The van der Waals surface area contributed by atoms with Gasteiger partial charge in [-0.2, -0.15) is 20.1 Å². The summed E-state index contributed by atoms with van der Waals surface area (Å²) in [4.78, 5) is 12.2. The van der Waals surface area contributed by atoms with Crippen LogP contribution in [0.3, 0.4) is 0 Å². The van der Waals surface area contributed by atoms with Crippen LogP contribution in [-0.2, 0) is 4.74 Å². The number of rotatable bonds is 6. The van der Waals surface area contributed by atoms with Crippen LogP contribution in [0, 0.1) is 0 Å². The van der Waals surface area contributed by atoms with E-state index in [9.17, 15) is 0 Å². The number of anilines is 2. The summed E-state index contributed by atoms with van der Waals surface area (Å²) in [5, 5.41) is 7.05. The largest absolute Gasteiger partial charge is 0.380 e. The van der Waals surface area contributed by atoms with E-state index in [1.54, 1.807) is 18.5 Å². The Kier molecular flexibility index (Phi) is 4.02. The summed E-state index contributed by atoms with van der Waals surface area (Å²) in [6.07, 6.45) is 3.38. The Morgan fingerprint density at radius 3 is 3.00 bits per heavy atom. The second-order valence-corrected chi connectivity index (χ2v) is 3.39. The highest BCUT2D eigenvalue weighted by Gasteiger charge is 2.05. The van der Waals surface area contributed by atoms with Crippen molar-refractivity contribution in [1.29, 1.82) is 0 Å². The summed E-state index contributed by atoms with van der Waals surface area (Å²) in [6, 6.07) is 1.78. The van der Waals surface area contributed by atoms with Gasteiger partial charge in [0.1, 0.15) is 0 Å². The van der Waals surface area contributed by atoms with Crippen molar-refractivity contribution in [3.8, 4) is 5.95 Å². The van der Waals surface area contributed by atoms with E-state index in [1.165, 1.54) is 4.68 Å². The quantitative estimate of drug-likeness (QED) is 0.699. The molecule has 0 unspecified atom stereocenters. The van der Waals surface area contributed by atoms with Crippen LogP contribution in [0.1, 0.15) is 6.92 Å². The van der Waals surface area contributed by atoms with Crippen molar-refractivity contribution >= 4 is 11.9 Å². The van der Waals surface area contributed by atoms with E-state index in [2.05, 4.69) is 25.4 Å². The van der Waals surface area contributed by atoms with Gasteiger partial charge in [0, 0.05) is 25.5 Å². The first-order valence-electron chi connectivity index (χ1n) is 5.62. The summed E-state index contributed by atoms with van der Waals surface area (Å²) in [5.74, 6) is 0.938. The fraction of sp³-hybridized carbons (Fsp3) is 0.400. The second-order valence-electron chi connectivity index (χ2n) is 3.39. The van der Waals surface area contributed by atoms with Gasteiger partial charge in [0.2, 0.25) is 11.9 Å². The van der Waals surface area contributed by atoms with Gasteiger partial charge in [0.15, 0.2) is 0 Å². The molecular formula is C10H15N7O. The zero-order valence-corrected chi connectivity index (χ0v) is 10.1. The van der Waals surface area contributed by atoms with Gasteiger partial charge >= 0.3 is 0 Å². The van der Waals surface area contributed by atoms with E-state index in [0.717, 1.165) is 0 Å². The van der Waals surface area contributed by atoms with Gasteiger partial charge in [-0.05, 0) is 13.0 Å². The average molecular weight is 249 g/mol. The van der Waals surface area contributed by atoms with Crippen LogP contribution in [0.4, 0.5) is 11.9 Å². The Labute approximate surface area is 104 Å². The van der Waals surface area contributed by atoms with Gasteiger partial charge in [0.05, 0.1) is 6.61 Å². The van der Waals surface area contributed by atoms with Crippen molar-refractivity contribution in [2.24, 2.45) is 0 Å². The summed E-state index contributed by atoms with van der Waals surface area (Å²) in [6.45, 7) is 3.81. The maximum absolute atomic E-state index is 5.62. The molecule has 0 fully saturated rings. The molecule has 0 aliphatic carbocycles. The first-order chi connectivity index (χ1) is 8.79. The van der Waals surface area contributed by atoms with Crippen LogP contribution < -0.4 is 11.1 Å². The molecule has 0 amide bonds. The molecule has 0 radical (unpaired) electrons. The van der Waals surface area contributed by atoms with E-state index >= 15 is 0 Å². The number of ether oxygens (including phenoxy) is 1. The minimum absolute atomic E-state index is 0.148. The summed E-state index contributed by atoms with van der Waals surface area (Å²) in [5.41, 5.74) is 5.62. The van der Waals surface area contributed by atoms with E-state index in [-0.39, 0.29) is 5.95 Å². The lowest BCUT2D eigenvalue weighted by Crippen LogP contribution is -2.15. The van der Waals surface area contributed by atoms with Crippen LogP contribution in [-0.4, -0.2) is 44.5 Å². The van der Waals surface area contributed by atoms with Crippen molar-refractivity contribution in [3.63, 3.8) is 0 Å². The molecule has 8 heteroatoms. The van der Waals surface area contributed by atoms with Gasteiger partial charge in [0.25, 0.3) is 5.95 Å². The van der Waals surface area contributed by atoms with E-state index in [4.69, 9.17) is 10.5 Å². The zero-order valence-electron chi connectivity index (χ0n) is 10.1. The van der Waals surface area contributed by atoms with Crippen molar-refractivity contribution in [2.75, 3.05) is 30.8 Å². The van der Waals surface area contributed by atoms with Gasteiger partial charge in [-0.25, -0.2) is 4.68 Å². The number of nitrogen functional groups attached to an aromatic ring is 1. The molecule has 2 rings (SSSR count). The smallest absolute Gasteiger partial charge is 0.257 e. The summed E-state index contributed by atoms with van der Waals surface area (Å²) >= 11 is 0. The standard InChI is InChI=1S/C10H15N7O/c1-2-18-7-5-12-9-14-8(11)15-10(16-9)17-6-3-4-13-17/h3-4,6H,2,5,7H2,1H3,(H3,11,12,14,15,16). The zero-order chi connectivity index (χ0) is 12.8. The molecule has 0 spiro atoms. The molecule has 2 heterocycles. The topological polar surface area (TPSA) is 104 Å². The Balaban J connectivity index is 2.07. The molecule has 2 aromatic heterocycles. The molecular weight excluding hydrogens is 234 g/mol. The average Bonchev–Trinajstić information content (AvgIpc) is 2.88. The Hall–Kier alpha value is -2.22. The molecule has 96 valence electrons. The van der Waals surface area contributed by atoms with E-state index in [0.29, 0.717) is 31.7 Å². The minimum Gasteiger partial charge on any atom is -0.380 e. The highest BCUT2D eigenvalue weighted by molar-refractivity contribution is 5.34. The minimum atomic E-state index is 0.148. The molecule has 0 aliphatic rings. The number of nitrogens with one attached hydrogen (secondary N) is 1. The first kappa shape index (κ1) is 12.2. The fourth-order valence-corrected chi connectivity index (χ4v) is 1.33. The lowest BCUT2D eigenvalue weighted by molar-refractivity contribution is 0.158. The summed E-state index contributed by atoms with van der Waals surface area (Å²) < 4.78 is 6.73. The Morgan fingerprint density at radius 2 is 2.28 bits per heavy atom. The molecule has 0 saturated heterocycles. The molecule has 0 bridgehead atoms. The van der Waals surface area contributed by atoms with Gasteiger partial charge in [-0.1, -0.05) is 0 Å². The van der Waals surface area contributed by atoms with Gasteiger partial charge in [-0.15, -0.1) is 0 Å². The fourth-order valence-electron chi connectivity index (χ4n) is 1.33. The number of hydrogen-bond donors (Lipinski definition) is 2. The van der Waals surface area contributed by atoms with Crippen LogP contribution in [0.15, 0.2) is 18.5 Å². The number of nitrogens with zero attached hydrogens (tertiary/aromatic N) is 5. The third-order valence-electron chi connectivity index (χ3n) is 2.08. The highest BCUT2D eigenvalue weighted by atomic mass is 16.5. The monoisotopic (exact) mass is 249 g/mol. The molecule has 0 aromatic carbocycles. The number of nitrogens with two attached hydrogens (primary N) is 1. The van der Waals surface area contributed by atoms with Crippen molar-refractivity contribution in [3.05, 3.63) is 18.5 Å². The van der Waals surface area contributed by atoms with Crippen LogP contribution in [0.25, 0.3) is 5.95 Å². The van der Waals surface area contributed by atoms with Crippen molar-refractivity contribution in [1.82, 2.24) is 24.7 Å². The lowest BCUT2D eigenvalue weighted by Gasteiger charge is -2.07. The number of hydrogen-bond acceptors (Lipinski definition) is 7. The predicted octanol–water partition coefficient (Wildman–Crippen LogP) is 0.0879. The maximum Gasteiger partial charge on any atom is 0.257 e. The lowest BCUT2D eigenvalue weighted by atomic mass is 10.6. The van der Waals surface area contributed by atoms with Crippen LogP contribution in [0.2, 0.25) is 0 Å². The molecule has 0 saturated carbocycles. The molecule has 3 N–H and O–H groups in total. The molecule has 0 atom stereocenters. The Bertz CT molecular complexity index is 485. The SMILES string of the molecule is CCOCCNc1nc(N)nc(-n2cccn2)n1. The normalized spacial score (nSPS) is 10.5. The Morgan fingerprint density at radius 1 is 1.39 bits per heavy atom. The van der Waals surface area contributed by atoms with Gasteiger partial charge in [-0.3, -0.25) is 0 Å². The summed E-state index contributed by atoms with van der Waals surface area (Å²) in [7, 11) is 0. The number of aromatic nitrogens is 5. The van der Waals surface area contributed by atoms with Crippen molar-refractivity contribution in [2.45, 2.75) is 6.92 Å². The van der Waals surface area contributed by atoms with E-state index in [1.807, 2.05) is 6.92 Å². The maximum atomic E-state index is 5.62. The molecule has 8 nitrogen and oxygen atoms in total. The van der Waals surface area contributed by atoms with E-state index < -0.39 is 0 Å². The molecule has 18 heavy (non-hydrogen) atoms.